The van der Waals surface area contributed by atoms with Crippen LogP contribution in [-0.2, 0) is 11.2 Å². The van der Waals surface area contributed by atoms with Crippen molar-refractivity contribution >= 4 is 18.2 Å². The quantitative estimate of drug-likeness (QED) is 0.809. The summed E-state index contributed by atoms with van der Waals surface area (Å²) in [5.41, 5.74) is 3.78. The number of nitrogens with zero attached hydrogens (tertiary/aromatic N) is 2. The molecule has 2 aromatic rings. The third-order valence-corrected chi connectivity index (χ3v) is 3.41. The van der Waals surface area contributed by atoms with Gasteiger partial charge in [0.05, 0.1) is 11.9 Å². The second kappa shape index (κ2) is 19.1. The molecular formula is C21H37N3O2. The van der Waals surface area contributed by atoms with Gasteiger partial charge < -0.3 is 20.1 Å². The molecule has 0 amide bonds. The molecule has 0 aliphatic rings. The van der Waals surface area contributed by atoms with Crippen LogP contribution >= 0.6 is 0 Å². The highest BCUT2D eigenvalue weighted by Gasteiger charge is 2.07. The standard InChI is InChI=1S/C15H18N2.C4H11N.CH4O.CH2O.H2/c1-3-7-13-8-4-5-10-15(13)17(2)14-9-6-11-16-12-14;1-3-4-5-2;2*1-2;/h4-6,8-12H,3,7H2,1-2H3;5H,3-4H2,1-2H3;2H,1H3;1H2;1H. The summed E-state index contributed by atoms with van der Waals surface area (Å²) in [7, 11) is 5.05. The van der Waals surface area contributed by atoms with Crippen LogP contribution in [0.15, 0.2) is 48.8 Å². The van der Waals surface area contributed by atoms with Gasteiger partial charge in [-0.25, -0.2) is 0 Å². The number of hydrogen-bond donors (Lipinski definition) is 2. The van der Waals surface area contributed by atoms with Gasteiger partial charge in [-0.05, 0) is 50.2 Å². The molecule has 26 heavy (non-hydrogen) atoms. The molecule has 2 rings (SSSR count). The maximum Gasteiger partial charge on any atom is 0.106 e. The highest BCUT2D eigenvalue weighted by molar-refractivity contribution is 5.64. The molecule has 148 valence electrons. The summed E-state index contributed by atoms with van der Waals surface area (Å²) in [6.45, 7) is 7.50. The van der Waals surface area contributed by atoms with Gasteiger partial charge in [0.25, 0.3) is 0 Å². The Morgan fingerprint density at radius 1 is 1.12 bits per heavy atom. The number of aliphatic hydroxyl groups excluding tert-OH is 1. The van der Waals surface area contributed by atoms with E-state index in [0.29, 0.717) is 0 Å². The number of rotatable bonds is 6. The molecule has 2 N–H and O–H groups in total. The summed E-state index contributed by atoms with van der Waals surface area (Å²) in [4.78, 5) is 14.4. The van der Waals surface area contributed by atoms with E-state index < -0.39 is 0 Å². The van der Waals surface area contributed by atoms with Crippen LogP contribution in [-0.4, -0.2) is 44.6 Å². The summed E-state index contributed by atoms with van der Waals surface area (Å²) in [6, 6.07) is 12.6. The van der Waals surface area contributed by atoms with Crippen molar-refractivity contribution in [2.75, 3.05) is 32.6 Å². The number of anilines is 2. The first-order valence-corrected chi connectivity index (χ1v) is 8.84. The lowest BCUT2D eigenvalue weighted by atomic mass is 10.1. The van der Waals surface area contributed by atoms with Gasteiger partial charge in [-0.3, -0.25) is 4.98 Å². The van der Waals surface area contributed by atoms with E-state index in [9.17, 15) is 0 Å². The van der Waals surface area contributed by atoms with E-state index in [1.165, 1.54) is 17.7 Å². The number of aliphatic hydroxyl groups is 1. The summed E-state index contributed by atoms with van der Waals surface area (Å²) in [6.07, 6.45) is 7.20. The second-order valence-electron chi connectivity index (χ2n) is 5.25. The van der Waals surface area contributed by atoms with Crippen LogP contribution < -0.4 is 10.2 Å². The number of para-hydroxylation sites is 1. The van der Waals surface area contributed by atoms with Gasteiger partial charge in [-0.1, -0.05) is 38.5 Å². The van der Waals surface area contributed by atoms with Gasteiger partial charge in [-0.15, -0.1) is 0 Å². The van der Waals surface area contributed by atoms with Crippen LogP contribution in [0.2, 0.25) is 0 Å². The summed E-state index contributed by atoms with van der Waals surface area (Å²) >= 11 is 0. The van der Waals surface area contributed by atoms with Gasteiger partial charge in [0.2, 0.25) is 0 Å². The zero-order chi connectivity index (χ0) is 20.2. The third-order valence-electron chi connectivity index (χ3n) is 3.41. The SMILES string of the molecule is C=O.CCCNC.CCCc1ccccc1N(C)c1cccnc1.CO.[HH]. The average molecular weight is 364 g/mol. The molecule has 0 unspecified atom stereocenters. The van der Waals surface area contributed by atoms with Gasteiger partial charge in [0, 0.05) is 27.5 Å². The van der Waals surface area contributed by atoms with E-state index >= 15 is 0 Å². The molecule has 0 saturated heterocycles. The Morgan fingerprint density at radius 2 is 1.77 bits per heavy atom. The van der Waals surface area contributed by atoms with Crippen molar-refractivity contribution in [3.8, 4) is 0 Å². The maximum absolute atomic E-state index is 8.00. The normalized spacial score (nSPS) is 8.69. The molecule has 1 aromatic carbocycles. The number of pyridine rings is 1. The van der Waals surface area contributed by atoms with E-state index in [1.54, 1.807) is 6.20 Å². The van der Waals surface area contributed by atoms with E-state index in [0.717, 1.165) is 32.2 Å². The minimum Gasteiger partial charge on any atom is -0.400 e. The number of benzene rings is 1. The first kappa shape index (κ1) is 26.0. The lowest BCUT2D eigenvalue weighted by molar-refractivity contribution is -0.0979. The molecule has 0 radical (unpaired) electrons. The van der Waals surface area contributed by atoms with Crippen LogP contribution in [0.25, 0.3) is 0 Å². The van der Waals surface area contributed by atoms with Crippen molar-refractivity contribution in [3.63, 3.8) is 0 Å². The Labute approximate surface area is 160 Å². The number of aryl methyl sites for hydroxylation is 1. The zero-order valence-corrected chi connectivity index (χ0v) is 16.9. The molecule has 0 atom stereocenters. The summed E-state index contributed by atoms with van der Waals surface area (Å²) in [5, 5.41) is 10.0. The molecule has 0 fully saturated rings. The van der Waals surface area contributed by atoms with E-state index in [4.69, 9.17) is 9.90 Å². The molecule has 0 saturated carbocycles. The number of aromatic nitrogens is 1. The predicted octanol–water partition coefficient (Wildman–Crippen LogP) is 4.09. The molecule has 5 heteroatoms. The maximum atomic E-state index is 8.00. The topological polar surface area (TPSA) is 65.5 Å². The van der Waals surface area contributed by atoms with Crippen LogP contribution in [0.3, 0.4) is 0 Å². The molecule has 1 heterocycles. The Kier molecular flexibility index (Phi) is 19.1. The fourth-order valence-corrected chi connectivity index (χ4v) is 2.26. The molecule has 0 spiro atoms. The largest absolute Gasteiger partial charge is 0.400 e. The zero-order valence-electron chi connectivity index (χ0n) is 16.9. The molecule has 0 aliphatic heterocycles. The molecule has 0 aliphatic carbocycles. The number of carbonyl (C=O) groups excluding carboxylic acids is 1. The molecule has 0 bridgehead atoms. The van der Waals surface area contributed by atoms with Crippen molar-refractivity contribution < 1.29 is 11.3 Å². The highest BCUT2D eigenvalue weighted by atomic mass is 16.2. The summed E-state index contributed by atoms with van der Waals surface area (Å²) in [5.74, 6) is 0. The van der Waals surface area contributed by atoms with Crippen LogP contribution in [0.4, 0.5) is 11.4 Å². The Morgan fingerprint density at radius 3 is 2.23 bits per heavy atom. The minimum atomic E-state index is 0. The van der Waals surface area contributed by atoms with Crippen molar-refractivity contribution in [3.05, 3.63) is 54.4 Å². The number of carbonyl (C=O) groups is 1. The van der Waals surface area contributed by atoms with Gasteiger partial charge in [0.1, 0.15) is 6.79 Å². The van der Waals surface area contributed by atoms with Crippen LogP contribution in [0, 0.1) is 0 Å². The number of hydrogen-bond acceptors (Lipinski definition) is 5. The third kappa shape index (κ3) is 10.6. The predicted molar refractivity (Wildman–Crippen MR) is 114 cm³/mol. The van der Waals surface area contributed by atoms with Gasteiger partial charge >= 0.3 is 0 Å². The van der Waals surface area contributed by atoms with Crippen LogP contribution in [0.5, 0.6) is 0 Å². The smallest absolute Gasteiger partial charge is 0.106 e. The van der Waals surface area contributed by atoms with E-state index in [2.05, 4.69) is 66.4 Å². The average Bonchev–Trinajstić information content (AvgIpc) is 2.73. The minimum absolute atomic E-state index is 0. The van der Waals surface area contributed by atoms with Gasteiger partial charge in [-0.2, -0.15) is 0 Å². The second-order valence-corrected chi connectivity index (χ2v) is 5.25. The fraction of sp³-hybridized carbons (Fsp3) is 0.429. The Bertz CT molecular complexity index is 540. The lowest BCUT2D eigenvalue weighted by Crippen LogP contribution is -2.11. The summed E-state index contributed by atoms with van der Waals surface area (Å²) < 4.78 is 0. The lowest BCUT2D eigenvalue weighted by Gasteiger charge is -2.22. The highest BCUT2D eigenvalue weighted by Crippen LogP contribution is 2.26. The van der Waals surface area contributed by atoms with Crippen molar-refractivity contribution in [2.24, 2.45) is 0 Å². The van der Waals surface area contributed by atoms with E-state index in [-0.39, 0.29) is 1.43 Å². The van der Waals surface area contributed by atoms with Crippen LogP contribution in [0.1, 0.15) is 33.7 Å². The first-order chi connectivity index (χ1) is 12.7. The van der Waals surface area contributed by atoms with Crippen molar-refractivity contribution in [1.29, 1.82) is 0 Å². The van der Waals surface area contributed by atoms with Crippen molar-refractivity contribution in [2.45, 2.75) is 33.1 Å². The monoisotopic (exact) mass is 363 g/mol. The Balaban J connectivity index is -0.000000495. The van der Waals surface area contributed by atoms with E-state index in [1.807, 2.05) is 26.1 Å². The fourth-order valence-electron chi connectivity index (χ4n) is 2.26. The molecule has 5 nitrogen and oxygen atoms in total. The van der Waals surface area contributed by atoms with Gasteiger partial charge in [0.15, 0.2) is 0 Å². The van der Waals surface area contributed by atoms with Crippen molar-refractivity contribution in [1.82, 2.24) is 10.3 Å². The molecular weight excluding hydrogens is 326 g/mol. The molecule has 1 aromatic heterocycles. The number of nitrogens with one attached hydrogen (secondary N) is 1. The Hall–Kier alpha value is -2.24. The first-order valence-electron chi connectivity index (χ1n) is 8.84.